The quantitative estimate of drug-likeness (QED) is 0.414. The first-order valence-electron chi connectivity index (χ1n) is 3.69. The summed E-state index contributed by atoms with van der Waals surface area (Å²) in [6, 6.07) is 2.99. The van der Waals surface area contributed by atoms with Gasteiger partial charge >= 0.3 is 0 Å². The number of aliphatic hydroxyl groups is 1. The first-order chi connectivity index (χ1) is 6.65. The van der Waals surface area contributed by atoms with Gasteiger partial charge in [0.05, 0.1) is 4.92 Å². The molecule has 1 aromatic rings. The summed E-state index contributed by atoms with van der Waals surface area (Å²) in [5.74, 6) is 3.93. The molecule has 5 heteroatoms. The van der Waals surface area contributed by atoms with Crippen molar-refractivity contribution in [3.05, 3.63) is 39.7 Å². The summed E-state index contributed by atoms with van der Waals surface area (Å²) in [5, 5.41) is 18.8. The van der Waals surface area contributed by atoms with E-state index in [1.54, 1.807) is 0 Å². The maximum Gasteiger partial charge on any atom is 0.285 e. The number of hydrogen-bond acceptors (Lipinski definition) is 3. The summed E-state index contributed by atoms with van der Waals surface area (Å²) in [6.45, 7) is -0.423. The monoisotopic (exact) mass is 195 g/mol. The van der Waals surface area contributed by atoms with Gasteiger partial charge in [0, 0.05) is 6.07 Å². The highest BCUT2D eigenvalue weighted by Crippen LogP contribution is 2.17. The van der Waals surface area contributed by atoms with Crippen LogP contribution in [-0.4, -0.2) is 16.6 Å². The number of hydrogen-bond donors (Lipinski definition) is 1. The zero-order chi connectivity index (χ0) is 10.6. The molecule has 0 radical (unpaired) electrons. The molecular weight excluding hydrogens is 189 g/mol. The SMILES string of the molecule is O=[N+]([O-])c1ccc(F)cc1C#CCO. The van der Waals surface area contributed by atoms with Gasteiger partial charge in [0.1, 0.15) is 18.0 Å². The molecule has 0 saturated heterocycles. The van der Waals surface area contributed by atoms with Crippen molar-refractivity contribution in [1.29, 1.82) is 0 Å². The lowest BCUT2D eigenvalue weighted by molar-refractivity contribution is -0.385. The van der Waals surface area contributed by atoms with Gasteiger partial charge < -0.3 is 5.11 Å². The number of nitro groups is 1. The van der Waals surface area contributed by atoms with E-state index in [0.717, 1.165) is 18.2 Å². The Morgan fingerprint density at radius 2 is 2.29 bits per heavy atom. The summed E-state index contributed by atoms with van der Waals surface area (Å²) in [5.41, 5.74) is -0.309. The molecule has 1 aromatic carbocycles. The molecule has 72 valence electrons. The van der Waals surface area contributed by atoms with E-state index in [4.69, 9.17) is 5.11 Å². The van der Waals surface area contributed by atoms with Crippen LogP contribution in [0.15, 0.2) is 18.2 Å². The van der Waals surface area contributed by atoms with Crippen molar-refractivity contribution in [3.63, 3.8) is 0 Å². The van der Waals surface area contributed by atoms with E-state index in [-0.39, 0.29) is 11.3 Å². The molecule has 0 aliphatic heterocycles. The molecule has 0 amide bonds. The van der Waals surface area contributed by atoms with Crippen LogP contribution in [0.4, 0.5) is 10.1 Å². The third-order valence-corrected chi connectivity index (χ3v) is 1.46. The van der Waals surface area contributed by atoms with E-state index in [0.29, 0.717) is 0 Å². The normalized spacial score (nSPS) is 9.00. The molecular formula is C9H6FNO3. The van der Waals surface area contributed by atoms with Crippen molar-refractivity contribution in [1.82, 2.24) is 0 Å². The zero-order valence-electron chi connectivity index (χ0n) is 7.03. The van der Waals surface area contributed by atoms with Gasteiger partial charge in [0.2, 0.25) is 0 Å². The van der Waals surface area contributed by atoms with Crippen LogP contribution < -0.4 is 0 Å². The lowest BCUT2D eigenvalue weighted by Gasteiger charge is -1.94. The summed E-state index contributed by atoms with van der Waals surface area (Å²) in [4.78, 5) is 9.80. The third-order valence-electron chi connectivity index (χ3n) is 1.46. The maximum absolute atomic E-state index is 12.7. The number of halogens is 1. The van der Waals surface area contributed by atoms with Crippen LogP contribution >= 0.6 is 0 Å². The summed E-state index contributed by atoms with van der Waals surface area (Å²) < 4.78 is 12.7. The number of aliphatic hydroxyl groups excluding tert-OH is 1. The van der Waals surface area contributed by atoms with Gasteiger partial charge in [-0.1, -0.05) is 11.8 Å². The van der Waals surface area contributed by atoms with Crippen LogP contribution in [0.2, 0.25) is 0 Å². The second-order valence-electron chi connectivity index (χ2n) is 2.38. The molecule has 0 fully saturated rings. The van der Waals surface area contributed by atoms with E-state index < -0.39 is 17.3 Å². The van der Waals surface area contributed by atoms with Gasteiger partial charge in [-0.15, -0.1) is 0 Å². The van der Waals surface area contributed by atoms with Gasteiger partial charge in [-0.25, -0.2) is 4.39 Å². The average Bonchev–Trinajstić information content (AvgIpc) is 2.14. The minimum absolute atomic E-state index is 0.0379. The molecule has 4 nitrogen and oxygen atoms in total. The summed E-state index contributed by atoms with van der Waals surface area (Å²) in [7, 11) is 0. The van der Waals surface area contributed by atoms with Gasteiger partial charge in [-0.3, -0.25) is 10.1 Å². The standard InChI is InChI=1S/C9H6FNO3/c10-8-3-4-9(11(13)14)7(6-8)2-1-5-12/h3-4,6,12H,5H2. The fraction of sp³-hybridized carbons (Fsp3) is 0.111. The Kier molecular flexibility index (Phi) is 3.15. The van der Waals surface area contributed by atoms with E-state index in [1.165, 1.54) is 0 Å². The highest BCUT2D eigenvalue weighted by molar-refractivity contribution is 5.50. The van der Waals surface area contributed by atoms with Crippen molar-refractivity contribution >= 4 is 5.69 Å². The van der Waals surface area contributed by atoms with Gasteiger partial charge in [-0.2, -0.15) is 0 Å². The Hall–Kier alpha value is -1.93. The van der Waals surface area contributed by atoms with Crippen molar-refractivity contribution in [2.45, 2.75) is 0 Å². The summed E-state index contributed by atoms with van der Waals surface area (Å²) >= 11 is 0. The van der Waals surface area contributed by atoms with Crippen molar-refractivity contribution in [3.8, 4) is 11.8 Å². The van der Waals surface area contributed by atoms with Crippen LogP contribution in [0.1, 0.15) is 5.56 Å². The third kappa shape index (κ3) is 2.28. The van der Waals surface area contributed by atoms with Gasteiger partial charge in [-0.05, 0) is 12.1 Å². The predicted molar refractivity (Wildman–Crippen MR) is 47.0 cm³/mol. The molecule has 0 aliphatic carbocycles. The van der Waals surface area contributed by atoms with Crippen LogP contribution in [0.25, 0.3) is 0 Å². The van der Waals surface area contributed by atoms with Crippen molar-refractivity contribution in [2.75, 3.05) is 6.61 Å². The molecule has 1 N–H and O–H groups in total. The molecule has 14 heavy (non-hydrogen) atoms. The van der Waals surface area contributed by atoms with E-state index in [9.17, 15) is 14.5 Å². The minimum Gasteiger partial charge on any atom is -0.384 e. The van der Waals surface area contributed by atoms with Crippen molar-refractivity contribution < 1.29 is 14.4 Å². The topological polar surface area (TPSA) is 63.4 Å². The zero-order valence-corrected chi connectivity index (χ0v) is 7.03. The first-order valence-corrected chi connectivity index (χ1v) is 3.69. The molecule has 0 saturated carbocycles. The molecule has 0 atom stereocenters. The van der Waals surface area contributed by atoms with Crippen LogP contribution in [0, 0.1) is 27.8 Å². The number of nitro benzene ring substituents is 1. The van der Waals surface area contributed by atoms with Crippen LogP contribution in [0.5, 0.6) is 0 Å². The van der Waals surface area contributed by atoms with E-state index in [1.807, 2.05) is 0 Å². The minimum atomic E-state index is -0.652. The van der Waals surface area contributed by atoms with Crippen molar-refractivity contribution in [2.24, 2.45) is 0 Å². The second-order valence-corrected chi connectivity index (χ2v) is 2.38. The Labute approximate surface area is 79.1 Å². The largest absolute Gasteiger partial charge is 0.384 e. The van der Waals surface area contributed by atoms with Gasteiger partial charge in [0.15, 0.2) is 0 Å². The van der Waals surface area contributed by atoms with E-state index in [2.05, 4.69) is 11.8 Å². The lowest BCUT2D eigenvalue weighted by Crippen LogP contribution is -1.93. The Morgan fingerprint density at radius 1 is 1.57 bits per heavy atom. The molecule has 0 spiro atoms. The fourth-order valence-electron chi connectivity index (χ4n) is 0.902. The number of nitrogens with zero attached hydrogens (tertiary/aromatic N) is 1. The number of rotatable bonds is 1. The number of benzene rings is 1. The first kappa shape index (κ1) is 10.2. The lowest BCUT2D eigenvalue weighted by atomic mass is 10.2. The predicted octanol–water partition coefficient (Wildman–Crippen LogP) is 1.08. The van der Waals surface area contributed by atoms with Gasteiger partial charge in [0.25, 0.3) is 5.69 Å². The molecule has 0 bridgehead atoms. The Bertz CT molecular complexity index is 420. The van der Waals surface area contributed by atoms with E-state index >= 15 is 0 Å². The molecule has 0 unspecified atom stereocenters. The Morgan fingerprint density at radius 3 is 2.86 bits per heavy atom. The van der Waals surface area contributed by atoms with Crippen LogP contribution in [0.3, 0.4) is 0 Å². The smallest absolute Gasteiger partial charge is 0.285 e. The Balaban J connectivity index is 3.22. The molecule has 0 aromatic heterocycles. The maximum atomic E-state index is 12.7. The highest BCUT2D eigenvalue weighted by Gasteiger charge is 2.11. The summed E-state index contributed by atoms with van der Waals surface area (Å²) in [6.07, 6.45) is 0. The average molecular weight is 195 g/mol. The molecule has 0 heterocycles. The molecule has 0 aliphatic rings. The highest BCUT2D eigenvalue weighted by atomic mass is 19.1. The second kappa shape index (κ2) is 4.35. The molecule has 1 rings (SSSR count). The van der Waals surface area contributed by atoms with Crippen LogP contribution in [-0.2, 0) is 0 Å². The fourth-order valence-corrected chi connectivity index (χ4v) is 0.902.